The first-order chi connectivity index (χ1) is 12.6. The topological polar surface area (TPSA) is 79.3 Å². The molecule has 1 amide bonds. The second-order valence-electron chi connectivity index (χ2n) is 6.10. The molecular formula is C21H21ClN2O3. The molecular weight excluding hydrogens is 364 g/mol. The van der Waals surface area contributed by atoms with Crippen LogP contribution in [0.25, 0.3) is 10.9 Å². The van der Waals surface area contributed by atoms with Crippen LogP contribution in [0.2, 0.25) is 0 Å². The minimum atomic E-state index is -0.792. The third-order valence-corrected chi connectivity index (χ3v) is 4.23. The van der Waals surface area contributed by atoms with E-state index in [1.54, 1.807) is 12.3 Å². The first-order valence-corrected chi connectivity index (χ1v) is 8.55. The standard InChI is InChI=1S/C21H20N2O3.ClH/c24-19(25)11-10-15-6-8-16(9-7-15)12-14-23-21(26)18-5-1-3-17-4-2-13-22-20(17)18;/h1-9,13H,10-12,14H2,(H,23,26)(H,24,25);1H. The van der Waals surface area contributed by atoms with Gasteiger partial charge in [0.1, 0.15) is 0 Å². The highest BCUT2D eigenvalue weighted by molar-refractivity contribution is 6.05. The number of aryl methyl sites for hydroxylation is 1. The minimum Gasteiger partial charge on any atom is -0.481 e. The van der Waals surface area contributed by atoms with Crippen LogP contribution in [0.5, 0.6) is 0 Å². The summed E-state index contributed by atoms with van der Waals surface area (Å²) >= 11 is 0. The molecule has 0 unspecified atom stereocenters. The number of carbonyl (C=O) groups is 2. The molecule has 6 heteroatoms. The summed E-state index contributed by atoms with van der Waals surface area (Å²) in [4.78, 5) is 27.3. The lowest BCUT2D eigenvalue weighted by Crippen LogP contribution is -2.26. The van der Waals surface area contributed by atoms with E-state index in [9.17, 15) is 9.59 Å². The fraction of sp³-hybridized carbons (Fsp3) is 0.190. The van der Waals surface area contributed by atoms with Gasteiger partial charge in [0, 0.05) is 24.5 Å². The number of pyridine rings is 1. The number of carbonyl (C=O) groups excluding carboxylic acids is 1. The maximum Gasteiger partial charge on any atom is 0.303 e. The molecule has 0 aliphatic heterocycles. The van der Waals surface area contributed by atoms with Gasteiger partial charge in [0.05, 0.1) is 11.1 Å². The number of halogens is 1. The Labute approximate surface area is 163 Å². The van der Waals surface area contributed by atoms with Crippen molar-refractivity contribution in [3.05, 3.63) is 77.5 Å². The molecule has 0 saturated heterocycles. The summed E-state index contributed by atoms with van der Waals surface area (Å²) in [5.41, 5.74) is 3.38. The quantitative estimate of drug-likeness (QED) is 0.651. The zero-order valence-corrected chi connectivity index (χ0v) is 15.5. The van der Waals surface area contributed by atoms with E-state index in [4.69, 9.17) is 5.11 Å². The van der Waals surface area contributed by atoms with Gasteiger partial charge in [0.2, 0.25) is 0 Å². The van der Waals surface area contributed by atoms with Gasteiger partial charge in [-0.15, -0.1) is 12.4 Å². The molecule has 1 heterocycles. The van der Waals surface area contributed by atoms with Crippen molar-refractivity contribution < 1.29 is 14.7 Å². The summed E-state index contributed by atoms with van der Waals surface area (Å²) in [6, 6.07) is 17.2. The SMILES string of the molecule is Cl.O=C(O)CCc1ccc(CCNC(=O)c2cccc3cccnc23)cc1. The normalized spacial score (nSPS) is 10.2. The van der Waals surface area contributed by atoms with Crippen LogP contribution in [0.3, 0.4) is 0 Å². The predicted octanol–water partition coefficient (Wildman–Crippen LogP) is 3.65. The van der Waals surface area contributed by atoms with Gasteiger partial charge >= 0.3 is 5.97 Å². The average molecular weight is 385 g/mol. The summed E-state index contributed by atoms with van der Waals surface area (Å²) in [5.74, 6) is -0.924. The van der Waals surface area contributed by atoms with E-state index < -0.39 is 5.97 Å². The van der Waals surface area contributed by atoms with E-state index in [0.717, 1.165) is 16.5 Å². The Morgan fingerprint density at radius 3 is 2.30 bits per heavy atom. The number of amides is 1. The maximum atomic E-state index is 12.4. The van der Waals surface area contributed by atoms with Crippen LogP contribution < -0.4 is 5.32 Å². The number of carboxylic acid groups (broad SMARTS) is 1. The number of aromatic nitrogens is 1. The summed E-state index contributed by atoms with van der Waals surface area (Å²) < 4.78 is 0. The van der Waals surface area contributed by atoms with E-state index in [-0.39, 0.29) is 24.7 Å². The fourth-order valence-electron chi connectivity index (χ4n) is 2.83. The number of aliphatic carboxylic acids is 1. The van der Waals surface area contributed by atoms with Crippen LogP contribution in [0, 0.1) is 0 Å². The fourth-order valence-corrected chi connectivity index (χ4v) is 2.83. The molecule has 1 aromatic heterocycles. The molecule has 140 valence electrons. The molecule has 27 heavy (non-hydrogen) atoms. The first kappa shape index (κ1) is 20.4. The van der Waals surface area contributed by atoms with Crippen LogP contribution >= 0.6 is 12.4 Å². The lowest BCUT2D eigenvalue weighted by molar-refractivity contribution is -0.136. The number of nitrogens with zero attached hydrogens (tertiary/aromatic N) is 1. The lowest BCUT2D eigenvalue weighted by atomic mass is 10.1. The highest BCUT2D eigenvalue weighted by Gasteiger charge is 2.10. The molecule has 3 rings (SSSR count). The van der Waals surface area contributed by atoms with E-state index in [0.29, 0.717) is 30.5 Å². The smallest absolute Gasteiger partial charge is 0.303 e. The largest absolute Gasteiger partial charge is 0.481 e. The molecule has 2 N–H and O–H groups in total. The monoisotopic (exact) mass is 384 g/mol. The summed E-state index contributed by atoms with van der Waals surface area (Å²) in [6.45, 7) is 0.524. The first-order valence-electron chi connectivity index (χ1n) is 8.55. The molecule has 3 aromatic rings. The molecule has 0 aliphatic carbocycles. The average Bonchev–Trinajstić information content (AvgIpc) is 2.66. The van der Waals surface area contributed by atoms with Crippen LogP contribution in [-0.4, -0.2) is 28.5 Å². The highest BCUT2D eigenvalue weighted by atomic mass is 35.5. The van der Waals surface area contributed by atoms with Gasteiger partial charge < -0.3 is 10.4 Å². The Hall–Kier alpha value is -2.92. The lowest BCUT2D eigenvalue weighted by Gasteiger charge is -2.08. The zero-order chi connectivity index (χ0) is 18.4. The number of benzene rings is 2. The molecule has 0 radical (unpaired) electrons. The van der Waals surface area contributed by atoms with Crippen LogP contribution in [0.1, 0.15) is 27.9 Å². The molecule has 0 spiro atoms. The van der Waals surface area contributed by atoms with Crippen molar-refractivity contribution in [1.82, 2.24) is 10.3 Å². The molecule has 0 bridgehead atoms. The van der Waals surface area contributed by atoms with Crippen molar-refractivity contribution in [3.63, 3.8) is 0 Å². The number of hydrogen-bond acceptors (Lipinski definition) is 3. The molecule has 0 atom stereocenters. The van der Waals surface area contributed by atoms with Crippen molar-refractivity contribution in [1.29, 1.82) is 0 Å². The molecule has 0 fully saturated rings. The van der Waals surface area contributed by atoms with Gasteiger partial charge in [-0.2, -0.15) is 0 Å². The number of carboxylic acids is 1. The number of para-hydroxylation sites is 1. The second kappa shape index (κ2) is 9.69. The summed E-state index contributed by atoms with van der Waals surface area (Å²) in [5, 5.41) is 12.6. The number of fused-ring (bicyclic) bond motifs is 1. The van der Waals surface area contributed by atoms with Gasteiger partial charge in [-0.25, -0.2) is 0 Å². The third kappa shape index (κ3) is 5.53. The Morgan fingerprint density at radius 2 is 1.59 bits per heavy atom. The number of hydrogen-bond donors (Lipinski definition) is 2. The van der Waals surface area contributed by atoms with Crippen LogP contribution in [-0.2, 0) is 17.6 Å². The third-order valence-electron chi connectivity index (χ3n) is 4.23. The van der Waals surface area contributed by atoms with Gasteiger partial charge in [0.25, 0.3) is 5.91 Å². The zero-order valence-electron chi connectivity index (χ0n) is 14.7. The van der Waals surface area contributed by atoms with Crippen LogP contribution in [0.4, 0.5) is 0 Å². The van der Waals surface area contributed by atoms with Crippen molar-refractivity contribution >= 4 is 35.2 Å². The molecule has 2 aromatic carbocycles. The Bertz CT molecular complexity index is 921. The van der Waals surface area contributed by atoms with Crippen molar-refractivity contribution in [2.75, 3.05) is 6.54 Å². The van der Waals surface area contributed by atoms with Gasteiger partial charge in [-0.1, -0.05) is 42.5 Å². The van der Waals surface area contributed by atoms with E-state index in [2.05, 4.69) is 10.3 Å². The molecule has 0 aliphatic rings. The summed E-state index contributed by atoms with van der Waals surface area (Å²) in [6.07, 6.45) is 3.06. The Kier molecular flexibility index (Phi) is 7.32. The number of nitrogens with one attached hydrogen (secondary N) is 1. The Balaban J connectivity index is 0.00000261. The van der Waals surface area contributed by atoms with E-state index in [1.807, 2.05) is 48.5 Å². The van der Waals surface area contributed by atoms with Crippen molar-refractivity contribution in [2.24, 2.45) is 0 Å². The van der Waals surface area contributed by atoms with E-state index >= 15 is 0 Å². The highest BCUT2D eigenvalue weighted by Crippen LogP contribution is 2.15. The van der Waals surface area contributed by atoms with Crippen LogP contribution in [0.15, 0.2) is 60.8 Å². The maximum absolute atomic E-state index is 12.4. The second-order valence-corrected chi connectivity index (χ2v) is 6.10. The molecule has 5 nitrogen and oxygen atoms in total. The van der Waals surface area contributed by atoms with Crippen molar-refractivity contribution in [2.45, 2.75) is 19.3 Å². The van der Waals surface area contributed by atoms with Crippen molar-refractivity contribution in [3.8, 4) is 0 Å². The minimum absolute atomic E-state index is 0. The Morgan fingerprint density at radius 1 is 0.926 bits per heavy atom. The van der Waals surface area contributed by atoms with Gasteiger partial charge in [-0.3, -0.25) is 14.6 Å². The summed E-state index contributed by atoms with van der Waals surface area (Å²) in [7, 11) is 0. The predicted molar refractivity (Wildman–Crippen MR) is 107 cm³/mol. The van der Waals surface area contributed by atoms with E-state index in [1.165, 1.54) is 0 Å². The van der Waals surface area contributed by atoms with Gasteiger partial charge in [0.15, 0.2) is 0 Å². The molecule has 0 saturated carbocycles. The number of rotatable bonds is 7. The van der Waals surface area contributed by atoms with Gasteiger partial charge in [-0.05, 0) is 36.1 Å².